The van der Waals surface area contributed by atoms with Crippen molar-refractivity contribution in [2.24, 2.45) is 5.92 Å². The first-order chi connectivity index (χ1) is 8.83. The van der Waals surface area contributed by atoms with Crippen molar-refractivity contribution in [3.05, 3.63) is 23.9 Å². The summed E-state index contributed by atoms with van der Waals surface area (Å²) in [5.41, 5.74) is 0.617. The van der Waals surface area contributed by atoms with Crippen LogP contribution in [0.2, 0.25) is 0 Å². The number of nitriles is 1. The standard InChI is InChI=1S/C15H21N3/c1-2-14(13-6-4-3-5-7-13)18-15-9-8-12(10-16)11-17-15/h8-9,11,13-14H,2-7H2,1H3,(H,17,18). The minimum atomic E-state index is 0.519. The van der Waals surface area contributed by atoms with Gasteiger partial charge in [0.15, 0.2) is 0 Å². The van der Waals surface area contributed by atoms with Crippen molar-refractivity contribution in [3.63, 3.8) is 0 Å². The smallest absolute Gasteiger partial charge is 0.126 e. The molecule has 96 valence electrons. The Morgan fingerprint density at radius 2 is 2.17 bits per heavy atom. The molecule has 0 aliphatic heterocycles. The van der Waals surface area contributed by atoms with Crippen LogP contribution in [0.3, 0.4) is 0 Å². The third-order valence-corrected chi connectivity index (χ3v) is 3.88. The quantitative estimate of drug-likeness (QED) is 0.876. The molecule has 1 fully saturated rings. The number of nitrogens with one attached hydrogen (secondary N) is 1. The van der Waals surface area contributed by atoms with Crippen molar-refractivity contribution in [2.45, 2.75) is 51.5 Å². The number of hydrogen-bond donors (Lipinski definition) is 1. The first-order valence-corrected chi connectivity index (χ1v) is 6.96. The van der Waals surface area contributed by atoms with Crippen molar-refractivity contribution >= 4 is 5.82 Å². The third kappa shape index (κ3) is 3.22. The highest BCUT2D eigenvalue weighted by Crippen LogP contribution is 2.29. The summed E-state index contributed by atoms with van der Waals surface area (Å²) >= 11 is 0. The lowest BCUT2D eigenvalue weighted by Crippen LogP contribution is -2.30. The van der Waals surface area contributed by atoms with Gasteiger partial charge in [-0.05, 0) is 37.3 Å². The van der Waals surface area contributed by atoms with E-state index in [2.05, 4.69) is 23.3 Å². The van der Waals surface area contributed by atoms with Crippen LogP contribution in [-0.4, -0.2) is 11.0 Å². The molecular weight excluding hydrogens is 222 g/mol. The maximum absolute atomic E-state index is 8.75. The second-order valence-electron chi connectivity index (χ2n) is 5.10. The van der Waals surface area contributed by atoms with E-state index in [4.69, 9.17) is 5.26 Å². The molecule has 1 N–H and O–H groups in total. The zero-order chi connectivity index (χ0) is 12.8. The Bertz CT molecular complexity index is 399. The summed E-state index contributed by atoms with van der Waals surface area (Å²) in [6, 6.07) is 6.34. The van der Waals surface area contributed by atoms with Crippen LogP contribution in [0.25, 0.3) is 0 Å². The van der Waals surface area contributed by atoms with Gasteiger partial charge in [-0.25, -0.2) is 4.98 Å². The number of rotatable bonds is 4. The van der Waals surface area contributed by atoms with Gasteiger partial charge in [-0.15, -0.1) is 0 Å². The predicted molar refractivity (Wildman–Crippen MR) is 73.2 cm³/mol. The lowest BCUT2D eigenvalue weighted by atomic mass is 9.83. The Morgan fingerprint density at radius 1 is 1.39 bits per heavy atom. The van der Waals surface area contributed by atoms with Crippen LogP contribution in [0.1, 0.15) is 51.0 Å². The Labute approximate surface area is 109 Å². The van der Waals surface area contributed by atoms with Gasteiger partial charge in [0.05, 0.1) is 5.56 Å². The molecule has 0 radical (unpaired) electrons. The molecule has 1 saturated carbocycles. The van der Waals surface area contributed by atoms with E-state index in [1.54, 1.807) is 6.20 Å². The molecule has 3 heteroatoms. The summed E-state index contributed by atoms with van der Waals surface area (Å²) < 4.78 is 0. The fraction of sp³-hybridized carbons (Fsp3) is 0.600. The highest BCUT2D eigenvalue weighted by Gasteiger charge is 2.22. The molecule has 3 nitrogen and oxygen atoms in total. The maximum atomic E-state index is 8.75. The monoisotopic (exact) mass is 243 g/mol. The van der Waals surface area contributed by atoms with E-state index in [0.717, 1.165) is 18.2 Å². The van der Waals surface area contributed by atoms with E-state index in [-0.39, 0.29) is 0 Å². The molecule has 1 aliphatic rings. The lowest BCUT2D eigenvalue weighted by molar-refractivity contribution is 0.312. The van der Waals surface area contributed by atoms with Crippen LogP contribution in [-0.2, 0) is 0 Å². The van der Waals surface area contributed by atoms with Crippen molar-refractivity contribution in [2.75, 3.05) is 5.32 Å². The fourth-order valence-corrected chi connectivity index (χ4v) is 2.83. The van der Waals surface area contributed by atoms with Crippen molar-refractivity contribution in [3.8, 4) is 6.07 Å². The highest BCUT2D eigenvalue weighted by atomic mass is 15.0. The average Bonchev–Trinajstić information content (AvgIpc) is 2.46. The Hall–Kier alpha value is -1.56. The molecule has 0 amide bonds. The summed E-state index contributed by atoms with van der Waals surface area (Å²) in [5, 5.41) is 12.3. The summed E-state index contributed by atoms with van der Waals surface area (Å²) in [4.78, 5) is 4.30. The second kappa shape index (κ2) is 6.39. The molecule has 1 unspecified atom stereocenters. The second-order valence-corrected chi connectivity index (χ2v) is 5.10. The minimum absolute atomic E-state index is 0.519. The maximum Gasteiger partial charge on any atom is 0.126 e. The average molecular weight is 243 g/mol. The van der Waals surface area contributed by atoms with Crippen molar-refractivity contribution in [1.82, 2.24) is 4.98 Å². The number of anilines is 1. The molecule has 0 spiro atoms. The van der Waals surface area contributed by atoms with E-state index in [9.17, 15) is 0 Å². The number of nitrogens with zero attached hydrogens (tertiary/aromatic N) is 2. The van der Waals surface area contributed by atoms with Gasteiger partial charge in [-0.3, -0.25) is 0 Å². The van der Waals surface area contributed by atoms with Crippen LogP contribution < -0.4 is 5.32 Å². The highest BCUT2D eigenvalue weighted by molar-refractivity contribution is 5.39. The molecule has 2 rings (SSSR count). The SMILES string of the molecule is CCC(Nc1ccc(C#N)cn1)C1CCCCC1. The van der Waals surface area contributed by atoms with Gasteiger partial charge in [-0.1, -0.05) is 26.2 Å². The zero-order valence-electron chi connectivity index (χ0n) is 11.0. The summed E-state index contributed by atoms with van der Waals surface area (Å²) in [7, 11) is 0. The van der Waals surface area contributed by atoms with Crippen LogP contribution in [0.4, 0.5) is 5.82 Å². The topological polar surface area (TPSA) is 48.7 Å². The Morgan fingerprint density at radius 3 is 2.72 bits per heavy atom. The molecule has 1 aromatic rings. The van der Waals surface area contributed by atoms with Gasteiger partial charge in [0.1, 0.15) is 11.9 Å². The van der Waals surface area contributed by atoms with E-state index >= 15 is 0 Å². The van der Waals surface area contributed by atoms with E-state index in [1.165, 1.54) is 32.1 Å². The van der Waals surface area contributed by atoms with Crippen LogP contribution in [0, 0.1) is 17.2 Å². The molecule has 1 aliphatic carbocycles. The number of pyridine rings is 1. The molecule has 0 saturated heterocycles. The predicted octanol–water partition coefficient (Wildman–Crippen LogP) is 3.72. The number of hydrogen-bond acceptors (Lipinski definition) is 3. The molecule has 0 bridgehead atoms. The fourth-order valence-electron chi connectivity index (χ4n) is 2.83. The first-order valence-electron chi connectivity index (χ1n) is 6.96. The zero-order valence-corrected chi connectivity index (χ0v) is 11.0. The van der Waals surface area contributed by atoms with Gasteiger partial charge in [0.25, 0.3) is 0 Å². The van der Waals surface area contributed by atoms with Crippen LogP contribution >= 0.6 is 0 Å². The summed E-state index contributed by atoms with van der Waals surface area (Å²) in [5.74, 6) is 1.67. The van der Waals surface area contributed by atoms with Crippen molar-refractivity contribution in [1.29, 1.82) is 5.26 Å². The largest absolute Gasteiger partial charge is 0.367 e. The summed E-state index contributed by atoms with van der Waals surface area (Å²) in [6.45, 7) is 2.23. The van der Waals surface area contributed by atoms with Gasteiger partial charge in [0.2, 0.25) is 0 Å². The first kappa shape index (κ1) is 12.9. The Balaban J connectivity index is 1.98. The minimum Gasteiger partial charge on any atom is -0.367 e. The van der Waals surface area contributed by atoms with Gasteiger partial charge < -0.3 is 5.32 Å². The van der Waals surface area contributed by atoms with Gasteiger partial charge in [-0.2, -0.15) is 5.26 Å². The molecule has 1 aromatic heterocycles. The third-order valence-electron chi connectivity index (χ3n) is 3.88. The van der Waals surface area contributed by atoms with E-state index in [1.807, 2.05) is 12.1 Å². The molecule has 1 atom stereocenters. The van der Waals surface area contributed by atoms with E-state index in [0.29, 0.717) is 11.6 Å². The van der Waals surface area contributed by atoms with E-state index < -0.39 is 0 Å². The van der Waals surface area contributed by atoms with Gasteiger partial charge >= 0.3 is 0 Å². The normalized spacial score (nSPS) is 18.0. The lowest BCUT2D eigenvalue weighted by Gasteiger charge is -2.30. The van der Waals surface area contributed by atoms with Gasteiger partial charge in [0, 0.05) is 12.2 Å². The summed E-state index contributed by atoms with van der Waals surface area (Å²) in [6.07, 6.45) is 9.56. The molecule has 0 aromatic carbocycles. The van der Waals surface area contributed by atoms with Crippen molar-refractivity contribution < 1.29 is 0 Å². The Kier molecular flexibility index (Phi) is 4.58. The number of aromatic nitrogens is 1. The molecule has 1 heterocycles. The molecule has 18 heavy (non-hydrogen) atoms. The van der Waals surface area contributed by atoms with Crippen LogP contribution in [0.5, 0.6) is 0 Å². The molecular formula is C15H21N3. The van der Waals surface area contributed by atoms with Crippen LogP contribution in [0.15, 0.2) is 18.3 Å².